The van der Waals surface area contributed by atoms with E-state index >= 15 is 0 Å². The summed E-state index contributed by atoms with van der Waals surface area (Å²) in [7, 11) is 0. The lowest BCUT2D eigenvalue weighted by atomic mass is 10.2. The van der Waals surface area contributed by atoms with E-state index in [2.05, 4.69) is 27.2 Å². The second-order valence-electron chi connectivity index (χ2n) is 4.64. The largest absolute Gasteiger partial charge is 0.459 e. The Morgan fingerprint density at radius 3 is 2.70 bits per heavy atom. The number of nitrogens with one attached hydrogen (secondary N) is 2. The van der Waals surface area contributed by atoms with E-state index in [0.29, 0.717) is 13.1 Å². The van der Waals surface area contributed by atoms with Crippen molar-refractivity contribution in [2.75, 3.05) is 31.1 Å². The topological polar surface area (TPSA) is 87.7 Å². The number of rotatable bonds is 3. The zero-order chi connectivity index (χ0) is 16.7. The number of hydrogen-bond donors (Lipinski definition) is 2. The third kappa shape index (κ3) is 4.48. The van der Waals surface area contributed by atoms with Crippen LogP contribution in [0.15, 0.2) is 24.3 Å². The molecule has 7 nitrogen and oxygen atoms in total. The fraction of sp³-hybridized carbons (Fsp3) is 0.312. The summed E-state index contributed by atoms with van der Waals surface area (Å²) in [4.78, 5) is 35.5. The SMILES string of the molecule is CCOC(=O)C(=O)NCC#Cc1ccc(N2CCNC2=O)cc1. The molecular formula is C16H17N3O4. The van der Waals surface area contributed by atoms with Crippen LogP contribution in [0.2, 0.25) is 0 Å². The van der Waals surface area contributed by atoms with Crippen molar-refractivity contribution in [3.05, 3.63) is 29.8 Å². The molecule has 120 valence electrons. The Kier molecular flexibility index (Phi) is 5.58. The maximum absolute atomic E-state index is 11.5. The molecule has 0 unspecified atom stereocenters. The molecule has 23 heavy (non-hydrogen) atoms. The third-order valence-corrected chi connectivity index (χ3v) is 3.07. The quantitative estimate of drug-likeness (QED) is 0.475. The van der Waals surface area contributed by atoms with Crippen molar-refractivity contribution in [1.29, 1.82) is 0 Å². The number of nitrogens with zero attached hydrogens (tertiary/aromatic N) is 1. The van der Waals surface area contributed by atoms with Crippen LogP contribution in [0.3, 0.4) is 0 Å². The Morgan fingerprint density at radius 2 is 2.09 bits per heavy atom. The molecule has 1 aliphatic rings. The van der Waals surface area contributed by atoms with Gasteiger partial charge >= 0.3 is 17.9 Å². The fourth-order valence-corrected chi connectivity index (χ4v) is 1.98. The molecule has 1 aromatic rings. The molecule has 2 rings (SSSR count). The number of esters is 1. The zero-order valence-electron chi connectivity index (χ0n) is 12.7. The fourth-order valence-electron chi connectivity index (χ4n) is 1.98. The minimum Gasteiger partial charge on any atom is -0.459 e. The Bertz CT molecular complexity index is 658. The Morgan fingerprint density at radius 1 is 1.35 bits per heavy atom. The van der Waals surface area contributed by atoms with Crippen LogP contribution in [0.4, 0.5) is 10.5 Å². The second kappa shape index (κ2) is 7.84. The molecule has 1 saturated heterocycles. The van der Waals surface area contributed by atoms with Gasteiger partial charge in [-0.1, -0.05) is 11.8 Å². The molecule has 0 radical (unpaired) electrons. The first kappa shape index (κ1) is 16.4. The van der Waals surface area contributed by atoms with Crippen LogP contribution >= 0.6 is 0 Å². The molecule has 3 amide bonds. The van der Waals surface area contributed by atoms with Crippen LogP contribution in [0, 0.1) is 11.8 Å². The van der Waals surface area contributed by atoms with Gasteiger partial charge in [0.25, 0.3) is 0 Å². The number of urea groups is 1. The molecule has 0 aliphatic carbocycles. The summed E-state index contributed by atoms with van der Waals surface area (Å²) in [6, 6.07) is 7.10. The third-order valence-electron chi connectivity index (χ3n) is 3.07. The average molecular weight is 315 g/mol. The summed E-state index contributed by atoms with van der Waals surface area (Å²) >= 11 is 0. The van der Waals surface area contributed by atoms with E-state index in [1.165, 1.54) is 0 Å². The van der Waals surface area contributed by atoms with Gasteiger partial charge in [-0.3, -0.25) is 9.69 Å². The van der Waals surface area contributed by atoms with Crippen molar-refractivity contribution in [2.24, 2.45) is 0 Å². The summed E-state index contributed by atoms with van der Waals surface area (Å²) in [5.74, 6) is 3.89. The maximum atomic E-state index is 11.5. The number of hydrogen-bond acceptors (Lipinski definition) is 4. The van der Waals surface area contributed by atoms with E-state index in [4.69, 9.17) is 0 Å². The van der Waals surface area contributed by atoms with Gasteiger partial charge in [-0.2, -0.15) is 0 Å². The monoisotopic (exact) mass is 315 g/mol. The second-order valence-corrected chi connectivity index (χ2v) is 4.64. The summed E-state index contributed by atoms with van der Waals surface area (Å²) in [6.07, 6.45) is 0. The van der Waals surface area contributed by atoms with Crippen molar-refractivity contribution >= 4 is 23.6 Å². The number of amides is 3. The van der Waals surface area contributed by atoms with Crippen molar-refractivity contribution in [3.63, 3.8) is 0 Å². The average Bonchev–Trinajstić information content (AvgIpc) is 2.98. The number of carbonyl (C=O) groups excluding carboxylic acids is 3. The van der Waals surface area contributed by atoms with E-state index in [9.17, 15) is 14.4 Å². The van der Waals surface area contributed by atoms with Gasteiger partial charge in [-0.05, 0) is 31.2 Å². The first-order valence-corrected chi connectivity index (χ1v) is 7.21. The van der Waals surface area contributed by atoms with Gasteiger partial charge in [-0.15, -0.1) is 0 Å². The number of benzene rings is 1. The molecule has 0 aromatic heterocycles. The molecule has 1 aliphatic heterocycles. The van der Waals surface area contributed by atoms with E-state index < -0.39 is 11.9 Å². The standard InChI is InChI=1S/C16H17N3O4/c1-2-23-15(21)14(20)17-9-3-4-12-5-7-13(8-6-12)19-11-10-18-16(19)22/h5-8H,2,9-11H2,1H3,(H,17,20)(H,18,22). The van der Waals surface area contributed by atoms with Crippen LogP contribution in [0.25, 0.3) is 0 Å². The van der Waals surface area contributed by atoms with Crippen LogP contribution < -0.4 is 15.5 Å². The van der Waals surface area contributed by atoms with Gasteiger partial charge in [0.05, 0.1) is 13.2 Å². The van der Waals surface area contributed by atoms with Crippen molar-refractivity contribution in [3.8, 4) is 11.8 Å². The summed E-state index contributed by atoms with van der Waals surface area (Å²) in [5.41, 5.74) is 1.56. The molecule has 0 bridgehead atoms. The number of ether oxygens (including phenoxy) is 1. The Balaban J connectivity index is 1.86. The zero-order valence-corrected chi connectivity index (χ0v) is 12.7. The first-order valence-electron chi connectivity index (χ1n) is 7.21. The molecule has 7 heteroatoms. The van der Waals surface area contributed by atoms with Crippen molar-refractivity contribution in [2.45, 2.75) is 6.92 Å². The van der Waals surface area contributed by atoms with Crippen LogP contribution in [0.1, 0.15) is 12.5 Å². The number of anilines is 1. The van der Waals surface area contributed by atoms with Gasteiger partial charge in [0.1, 0.15) is 0 Å². The van der Waals surface area contributed by atoms with E-state index in [0.717, 1.165) is 11.3 Å². The predicted molar refractivity (Wildman–Crippen MR) is 83.7 cm³/mol. The lowest BCUT2D eigenvalue weighted by molar-refractivity contribution is -0.154. The highest BCUT2D eigenvalue weighted by Gasteiger charge is 2.20. The summed E-state index contributed by atoms with van der Waals surface area (Å²) < 4.78 is 4.55. The first-order chi connectivity index (χ1) is 11.1. The smallest absolute Gasteiger partial charge is 0.396 e. The highest BCUT2D eigenvalue weighted by Crippen LogP contribution is 2.16. The Labute approximate surface area is 134 Å². The van der Waals surface area contributed by atoms with E-state index in [-0.39, 0.29) is 19.2 Å². The molecule has 1 fully saturated rings. The van der Waals surface area contributed by atoms with Gasteiger partial charge in [-0.25, -0.2) is 9.59 Å². The van der Waals surface area contributed by atoms with Crippen molar-refractivity contribution in [1.82, 2.24) is 10.6 Å². The van der Waals surface area contributed by atoms with Crippen LogP contribution in [0.5, 0.6) is 0 Å². The summed E-state index contributed by atoms with van der Waals surface area (Å²) in [5, 5.41) is 5.09. The molecule has 2 N–H and O–H groups in total. The minimum absolute atomic E-state index is 0.0495. The predicted octanol–water partition coefficient (Wildman–Crippen LogP) is 0.247. The van der Waals surface area contributed by atoms with Crippen LogP contribution in [-0.4, -0.2) is 44.1 Å². The Hall–Kier alpha value is -3.01. The lowest BCUT2D eigenvalue weighted by Gasteiger charge is -2.13. The van der Waals surface area contributed by atoms with E-state index in [1.807, 2.05) is 12.1 Å². The van der Waals surface area contributed by atoms with Crippen molar-refractivity contribution < 1.29 is 19.1 Å². The molecule has 1 aromatic carbocycles. The normalized spacial score (nSPS) is 12.9. The molecule has 0 saturated carbocycles. The highest BCUT2D eigenvalue weighted by molar-refractivity contribution is 6.32. The lowest BCUT2D eigenvalue weighted by Crippen LogP contribution is -2.32. The van der Waals surface area contributed by atoms with E-state index in [1.54, 1.807) is 24.0 Å². The van der Waals surface area contributed by atoms with Crippen LogP contribution in [-0.2, 0) is 14.3 Å². The van der Waals surface area contributed by atoms with Gasteiger partial charge in [0, 0.05) is 24.3 Å². The van der Waals surface area contributed by atoms with Gasteiger partial charge in [0.15, 0.2) is 0 Å². The minimum atomic E-state index is -0.914. The summed E-state index contributed by atoms with van der Waals surface area (Å²) in [6.45, 7) is 3.11. The van der Waals surface area contributed by atoms with Gasteiger partial charge in [0.2, 0.25) is 0 Å². The molecule has 0 spiro atoms. The maximum Gasteiger partial charge on any atom is 0.396 e. The highest BCUT2D eigenvalue weighted by atomic mass is 16.5. The molecule has 0 atom stereocenters. The van der Waals surface area contributed by atoms with Gasteiger partial charge < -0.3 is 15.4 Å². The molecular weight excluding hydrogens is 298 g/mol. The number of carbonyl (C=O) groups is 3. The molecule has 1 heterocycles.